The zero-order valence-electron chi connectivity index (χ0n) is 16.0. The number of nitrogens with zero attached hydrogens (tertiary/aromatic N) is 1. The van der Waals surface area contributed by atoms with E-state index in [4.69, 9.17) is 4.74 Å². The number of nitrogens with one attached hydrogen (secondary N) is 1. The van der Waals surface area contributed by atoms with Gasteiger partial charge in [0, 0.05) is 12.7 Å². The molecule has 3 aromatic carbocycles. The summed E-state index contributed by atoms with van der Waals surface area (Å²) in [4.78, 5) is 25.5. The van der Waals surface area contributed by atoms with Crippen molar-refractivity contribution in [2.45, 2.75) is 0 Å². The lowest BCUT2D eigenvalue weighted by Crippen LogP contribution is -2.37. The molecule has 3 aromatic rings. The lowest BCUT2D eigenvalue weighted by Gasteiger charge is -2.17. The molecule has 2 amide bonds. The molecule has 0 fully saturated rings. The molecule has 0 unspecified atom stereocenters. The van der Waals surface area contributed by atoms with Gasteiger partial charge < -0.3 is 15.0 Å². The molecule has 5 nitrogen and oxygen atoms in total. The molecule has 0 saturated heterocycles. The van der Waals surface area contributed by atoms with Crippen LogP contribution in [0.4, 0.5) is 10.1 Å². The Kier molecular flexibility index (Phi) is 6.58. The molecule has 148 valence electrons. The van der Waals surface area contributed by atoms with Gasteiger partial charge in [-0.25, -0.2) is 4.39 Å². The first kappa shape index (κ1) is 20.1. The summed E-state index contributed by atoms with van der Waals surface area (Å²) in [7, 11) is 1.52. The van der Waals surface area contributed by atoms with E-state index < -0.39 is 0 Å². The van der Waals surface area contributed by atoms with Crippen molar-refractivity contribution < 1.29 is 18.7 Å². The number of likely N-dealkylation sites (N-methyl/N-ethyl adjacent to an activating group) is 1. The summed E-state index contributed by atoms with van der Waals surface area (Å²) < 4.78 is 18.4. The molecule has 0 atom stereocenters. The second-order valence-corrected chi connectivity index (χ2v) is 6.48. The number of carbonyl (C=O) groups is 2. The fourth-order valence-corrected chi connectivity index (χ4v) is 2.67. The van der Waals surface area contributed by atoms with Gasteiger partial charge in [-0.15, -0.1) is 0 Å². The number of hydrogen-bond acceptors (Lipinski definition) is 3. The quantitative estimate of drug-likeness (QED) is 0.662. The largest absolute Gasteiger partial charge is 0.484 e. The van der Waals surface area contributed by atoms with Crippen LogP contribution in [-0.4, -0.2) is 36.9 Å². The van der Waals surface area contributed by atoms with Gasteiger partial charge in [0.2, 0.25) is 5.91 Å². The first-order chi connectivity index (χ1) is 14.0. The van der Waals surface area contributed by atoms with Crippen LogP contribution in [0.3, 0.4) is 0 Å². The molecule has 0 aliphatic carbocycles. The first-order valence-electron chi connectivity index (χ1n) is 9.09. The van der Waals surface area contributed by atoms with Gasteiger partial charge in [-0.05, 0) is 47.5 Å². The number of hydrogen-bond donors (Lipinski definition) is 1. The lowest BCUT2D eigenvalue weighted by atomic mass is 10.1. The minimum atomic E-state index is -0.385. The summed E-state index contributed by atoms with van der Waals surface area (Å²) in [5.41, 5.74) is 2.62. The van der Waals surface area contributed by atoms with Crippen LogP contribution in [0.1, 0.15) is 0 Å². The molecule has 0 aliphatic rings. The van der Waals surface area contributed by atoms with E-state index in [2.05, 4.69) is 5.32 Å². The van der Waals surface area contributed by atoms with Gasteiger partial charge in [0.1, 0.15) is 11.6 Å². The number of halogens is 1. The predicted molar refractivity (Wildman–Crippen MR) is 110 cm³/mol. The van der Waals surface area contributed by atoms with E-state index in [1.54, 1.807) is 12.1 Å². The molecule has 3 rings (SSSR count). The van der Waals surface area contributed by atoms with Gasteiger partial charge in [-0.2, -0.15) is 0 Å². The predicted octanol–water partition coefficient (Wildman–Crippen LogP) is 3.97. The maximum atomic E-state index is 12.9. The zero-order valence-corrected chi connectivity index (χ0v) is 16.0. The zero-order chi connectivity index (χ0) is 20.6. The number of ether oxygens (including phenoxy) is 1. The fraction of sp³-hybridized carbons (Fsp3) is 0.130. The molecule has 0 spiro atoms. The normalized spacial score (nSPS) is 10.3. The van der Waals surface area contributed by atoms with Gasteiger partial charge in [-0.3, -0.25) is 9.59 Å². The van der Waals surface area contributed by atoms with E-state index in [-0.39, 0.29) is 30.8 Å². The maximum absolute atomic E-state index is 12.9. The summed E-state index contributed by atoms with van der Waals surface area (Å²) >= 11 is 0. The van der Waals surface area contributed by atoms with Crippen molar-refractivity contribution in [2.24, 2.45) is 0 Å². The topological polar surface area (TPSA) is 58.6 Å². The van der Waals surface area contributed by atoms with E-state index in [1.807, 2.05) is 42.5 Å². The smallest absolute Gasteiger partial charge is 0.260 e. The average molecular weight is 392 g/mol. The molecule has 0 aromatic heterocycles. The summed E-state index contributed by atoms with van der Waals surface area (Å²) in [6.07, 6.45) is 0. The average Bonchev–Trinajstić information content (AvgIpc) is 2.74. The van der Waals surface area contributed by atoms with Gasteiger partial charge in [0.15, 0.2) is 6.61 Å². The summed E-state index contributed by atoms with van der Waals surface area (Å²) in [6, 6.07) is 22.8. The molecule has 1 N–H and O–H groups in total. The Labute approximate surface area is 168 Å². The maximum Gasteiger partial charge on any atom is 0.260 e. The van der Waals surface area contributed by atoms with E-state index in [9.17, 15) is 14.0 Å². The Morgan fingerprint density at radius 1 is 0.897 bits per heavy atom. The van der Waals surface area contributed by atoms with Crippen molar-refractivity contribution in [1.82, 2.24) is 4.90 Å². The molecule has 0 saturated carbocycles. The van der Waals surface area contributed by atoms with Crippen LogP contribution in [-0.2, 0) is 9.59 Å². The van der Waals surface area contributed by atoms with Crippen molar-refractivity contribution >= 4 is 17.5 Å². The van der Waals surface area contributed by atoms with E-state index >= 15 is 0 Å². The highest BCUT2D eigenvalue weighted by Crippen LogP contribution is 2.22. The molecule has 0 aliphatic heterocycles. The Balaban J connectivity index is 1.47. The first-order valence-corrected chi connectivity index (χ1v) is 9.09. The standard InChI is InChI=1S/C23H21FN2O3/c1-26(15-22(27)25-20-11-9-19(24)10-12-20)23(28)16-29-21-13-7-18(8-14-21)17-5-3-2-4-6-17/h2-14H,15-16H2,1H3,(H,25,27). The minimum absolute atomic E-state index is 0.132. The van der Waals surface area contributed by atoms with E-state index in [0.717, 1.165) is 11.1 Å². The molecule has 0 radical (unpaired) electrons. The van der Waals surface area contributed by atoms with Gasteiger partial charge in [0.25, 0.3) is 5.91 Å². The van der Waals surface area contributed by atoms with Gasteiger partial charge in [0.05, 0.1) is 6.54 Å². The van der Waals surface area contributed by atoms with Gasteiger partial charge in [-0.1, -0.05) is 42.5 Å². The van der Waals surface area contributed by atoms with Crippen LogP contribution in [0.5, 0.6) is 5.75 Å². The van der Waals surface area contributed by atoms with Crippen LogP contribution in [0, 0.1) is 5.82 Å². The molecule has 0 heterocycles. The monoisotopic (exact) mass is 392 g/mol. The Bertz CT molecular complexity index is 958. The van der Waals surface area contributed by atoms with Crippen LogP contribution in [0.15, 0.2) is 78.9 Å². The molecular weight excluding hydrogens is 371 g/mol. The van der Waals surface area contributed by atoms with Crippen molar-refractivity contribution in [3.63, 3.8) is 0 Å². The third-order valence-electron chi connectivity index (χ3n) is 4.26. The second kappa shape index (κ2) is 9.50. The number of carbonyl (C=O) groups excluding carboxylic acids is 2. The highest BCUT2D eigenvalue weighted by molar-refractivity contribution is 5.94. The minimum Gasteiger partial charge on any atom is -0.484 e. The van der Waals surface area contributed by atoms with Crippen molar-refractivity contribution in [3.8, 4) is 16.9 Å². The lowest BCUT2D eigenvalue weighted by molar-refractivity contribution is -0.135. The third-order valence-corrected chi connectivity index (χ3v) is 4.26. The van der Waals surface area contributed by atoms with E-state index in [0.29, 0.717) is 11.4 Å². The summed E-state index contributed by atoms with van der Waals surface area (Å²) in [5, 5.41) is 2.61. The Morgan fingerprint density at radius 3 is 2.17 bits per heavy atom. The van der Waals surface area contributed by atoms with Crippen LogP contribution >= 0.6 is 0 Å². The fourth-order valence-electron chi connectivity index (χ4n) is 2.67. The highest BCUT2D eigenvalue weighted by Gasteiger charge is 2.14. The molecule has 0 bridgehead atoms. The molecule has 6 heteroatoms. The van der Waals surface area contributed by atoms with E-state index in [1.165, 1.54) is 36.2 Å². The second-order valence-electron chi connectivity index (χ2n) is 6.48. The van der Waals surface area contributed by atoms with Crippen LogP contribution in [0.25, 0.3) is 11.1 Å². The van der Waals surface area contributed by atoms with Gasteiger partial charge >= 0.3 is 0 Å². The van der Waals surface area contributed by atoms with Crippen molar-refractivity contribution in [2.75, 3.05) is 25.5 Å². The molecule has 29 heavy (non-hydrogen) atoms. The third kappa shape index (κ3) is 5.90. The number of amides is 2. The number of anilines is 1. The highest BCUT2D eigenvalue weighted by atomic mass is 19.1. The Hall–Kier alpha value is -3.67. The number of rotatable bonds is 7. The number of benzene rings is 3. The Morgan fingerprint density at radius 2 is 1.52 bits per heavy atom. The SMILES string of the molecule is CN(CC(=O)Nc1ccc(F)cc1)C(=O)COc1ccc(-c2ccccc2)cc1. The summed E-state index contributed by atoms with van der Waals surface area (Å²) in [6.45, 7) is -0.308. The van der Waals surface area contributed by atoms with Crippen molar-refractivity contribution in [3.05, 3.63) is 84.7 Å². The van der Waals surface area contributed by atoms with Crippen molar-refractivity contribution in [1.29, 1.82) is 0 Å². The summed E-state index contributed by atoms with van der Waals surface area (Å²) in [5.74, 6) is -0.516. The van der Waals surface area contributed by atoms with Crippen LogP contribution in [0.2, 0.25) is 0 Å². The molecular formula is C23H21FN2O3. The van der Waals surface area contributed by atoms with Crippen LogP contribution < -0.4 is 10.1 Å².